The fraction of sp³-hybridized carbons (Fsp3) is 0.412. The van der Waals surface area contributed by atoms with Crippen molar-refractivity contribution in [3.63, 3.8) is 0 Å². The molecule has 0 unspecified atom stereocenters. The zero-order valence-corrected chi connectivity index (χ0v) is 12.5. The molecule has 1 aromatic carbocycles. The molecule has 110 valence electrons. The summed E-state index contributed by atoms with van der Waals surface area (Å²) in [6.45, 7) is 4.95. The standard InChI is InChI=1S/C17H20N2O2/c1-12-6-8-14(9-7-12)16-11-15(18-21-16)17(20)19-10-4-3-5-13(19)2/h6-9,11,13H,3-5,10H2,1-2H3/t13-/m0/s1. The maximum absolute atomic E-state index is 12.5. The number of hydrogen-bond acceptors (Lipinski definition) is 3. The zero-order chi connectivity index (χ0) is 14.8. The van der Waals surface area contributed by atoms with Crippen molar-refractivity contribution in [3.05, 3.63) is 41.6 Å². The second-order valence-corrected chi connectivity index (χ2v) is 5.79. The summed E-state index contributed by atoms with van der Waals surface area (Å²) in [6, 6.07) is 10.0. The molecule has 0 N–H and O–H groups in total. The van der Waals surface area contributed by atoms with Gasteiger partial charge in [-0.2, -0.15) is 0 Å². The van der Waals surface area contributed by atoms with Crippen LogP contribution in [0.3, 0.4) is 0 Å². The summed E-state index contributed by atoms with van der Waals surface area (Å²) in [5.41, 5.74) is 2.54. The lowest BCUT2D eigenvalue weighted by Crippen LogP contribution is -2.42. The SMILES string of the molecule is Cc1ccc(-c2cc(C(=O)N3CCCC[C@@H]3C)no2)cc1. The van der Waals surface area contributed by atoms with Gasteiger partial charge in [0.15, 0.2) is 11.5 Å². The smallest absolute Gasteiger partial charge is 0.276 e. The molecule has 1 aromatic heterocycles. The van der Waals surface area contributed by atoms with Crippen LogP contribution >= 0.6 is 0 Å². The Bertz CT molecular complexity index is 630. The molecule has 1 aliphatic heterocycles. The van der Waals surface area contributed by atoms with Crippen molar-refractivity contribution < 1.29 is 9.32 Å². The van der Waals surface area contributed by atoms with Crippen molar-refractivity contribution in [1.82, 2.24) is 10.1 Å². The van der Waals surface area contributed by atoms with Gasteiger partial charge in [0, 0.05) is 24.2 Å². The summed E-state index contributed by atoms with van der Waals surface area (Å²) < 4.78 is 5.34. The minimum Gasteiger partial charge on any atom is -0.355 e. The molecule has 1 saturated heterocycles. The third-order valence-corrected chi connectivity index (χ3v) is 4.13. The Hall–Kier alpha value is -2.10. The van der Waals surface area contributed by atoms with Crippen molar-refractivity contribution in [2.24, 2.45) is 0 Å². The molecule has 1 fully saturated rings. The van der Waals surface area contributed by atoms with Crippen LogP contribution in [-0.2, 0) is 0 Å². The van der Waals surface area contributed by atoms with E-state index < -0.39 is 0 Å². The molecule has 2 heterocycles. The normalized spacial score (nSPS) is 18.8. The number of nitrogens with zero attached hydrogens (tertiary/aromatic N) is 2. The van der Waals surface area contributed by atoms with Gasteiger partial charge in [-0.1, -0.05) is 35.0 Å². The average molecular weight is 284 g/mol. The van der Waals surface area contributed by atoms with Gasteiger partial charge in [0.25, 0.3) is 5.91 Å². The summed E-state index contributed by atoms with van der Waals surface area (Å²) in [6.07, 6.45) is 3.32. The van der Waals surface area contributed by atoms with Crippen LogP contribution in [0.5, 0.6) is 0 Å². The number of carbonyl (C=O) groups is 1. The molecular formula is C17H20N2O2. The van der Waals surface area contributed by atoms with Crippen LogP contribution in [0.4, 0.5) is 0 Å². The van der Waals surface area contributed by atoms with Gasteiger partial charge in [0.1, 0.15) is 0 Å². The Kier molecular flexibility index (Phi) is 3.78. The predicted octanol–water partition coefficient (Wildman–Crippen LogP) is 3.66. The van der Waals surface area contributed by atoms with Gasteiger partial charge in [0.05, 0.1) is 0 Å². The van der Waals surface area contributed by atoms with Crippen LogP contribution in [-0.4, -0.2) is 28.6 Å². The maximum Gasteiger partial charge on any atom is 0.276 e. The van der Waals surface area contributed by atoms with Gasteiger partial charge in [-0.05, 0) is 33.1 Å². The molecule has 4 heteroatoms. The summed E-state index contributed by atoms with van der Waals surface area (Å²) in [7, 11) is 0. The third-order valence-electron chi connectivity index (χ3n) is 4.13. The van der Waals surface area contributed by atoms with E-state index in [1.54, 1.807) is 6.07 Å². The second-order valence-electron chi connectivity index (χ2n) is 5.79. The molecule has 1 atom stereocenters. The molecule has 0 bridgehead atoms. The second kappa shape index (κ2) is 5.72. The first-order chi connectivity index (χ1) is 10.1. The fourth-order valence-corrected chi connectivity index (χ4v) is 2.78. The van der Waals surface area contributed by atoms with E-state index in [-0.39, 0.29) is 11.9 Å². The molecule has 3 rings (SSSR count). The predicted molar refractivity (Wildman–Crippen MR) is 81.0 cm³/mol. The van der Waals surface area contributed by atoms with Crippen LogP contribution in [0.2, 0.25) is 0 Å². The van der Waals surface area contributed by atoms with Gasteiger partial charge < -0.3 is 9.42 Å². The topological polar surface area (TPSA) is 46.3 Å². The largest absolute Gasteiger partial charge is 0.355 e. The van der Waals surface area contributed by atoms with Gasteiger partial charge in [-0.15, -0.1) is 0 Å². The number of likely N-dealkylation sites (tertiary alicyclic amines) is 1. The van der Waals surface area contributed by atoms with Crippen molar-refractivity contribution >= 4 is 5.91 Å². The lowest BCUT2D eigenvalue weighted by atomic mass is 10.0. The van der Waals surface area contributed by atoms with E-state index in [1.165, 1.54) is 12.0 Å². The average Bonchev–Trinajstić information content (AvgIpc) is 2.98. The lowest BCUT2D eigenvalue weighted by molar-refractivity contribution is 0.0625. The van der Waals surface area contributed by atoms with E-state index in [0.29, 0.717) is 11.5 Å². The van der Waals surface area contributed by atoms with Gasteiger partial charge >= 0.3 is 0 Å². The number of piperidine rings is 1. The van der Waals surface area contributed by atoms with E-state index in [0.717, 1.165) is 24.9 Å². The number of aromatic nitrogens is 1. The monoisotopic (exact) mass is 284 g/mol. The highest BCUT2D eigenvalue weighted by molar-refractivity contribution is 5.93. The van der Waals surface area contributed by atoms with Crippen LogP contribution in [0.15, 0.2) is 34.9 Å². The molecule has 2 aromatic rings. The van der Waals surface area contributed by atoms with Crippen LogP contribution < -0.4 is 0 Å². The lowest BCUT2D eigenvalue weighted by Gasteiger charge is -2.32. The Morgan fingerprint density at radius 2 is 2.05 bits per heavy atom. The van der Waals surface area contributed by atoms with Gasteiger partial charge in [-0.25, -0.2) is 0 Å². The quantitative estimate of drug-likeness (QED) is 0.845. The highest BCUT2D eigenvalue weighted by Crippen LogP contribution is 2.23. The van der Waals surface area contributed by atoms with E-state index in [2.05, 4.69) is 12.1 Å². The van der Waals surface area contributed by atoms with Crippen LogP contribution in [0.1, 0.15) is 42.2 Å². The van der Waals surface area contributed by atoms with Crippen LogP contribution in [0, 0.1) is 6.92 Å². The van der Waals surface area contributed by atoms with Crippen molar-refractivity contribution in [2.45, 2.75) is 39.2 Å². The molecule has 0 spiro atoms. The molecule has 0 radical (unpaired) electrons. The van der Waals surface area contributed by atoms with E-state index in [4.69, 9.17) is 4.52 Å². The maximum atomic E-state index is 12.5. The summed E-state index contributed by atoms with van der Waals surface area (Å²) in [5, 5.41) is 3.96. The number of rotatable bonds is 2. The number of amides is 1. The van der Waals surface area contributed by atoms with Crippen molar-refractivity contribution in [2.75, 3.05) is 6.54 Å². The summed E-state index contributed by atoms with van der Waals surface area (Å²) in [4.78, 5) is 14.4. The molecular weight excluding hydrogens is 264 g/mol. The fourth-order valence-electron chi connectivity index (χ4n) is 2.78. The number of aryl methyl sites for hydroxylation is 1. The molecule has 0 saturated carbocycles. The molecule has 4 nitrogen and oxygen atoms in total. The first-order valence-electron chi connectivity index (χ1n) is 7.50. The van der Waals surface area contributed by atoms with Gasteiger partial charge in [0.2, 0.25) is 0 Å². The molecule has 0 aliphatic carbocycles. The Balaban J connectivity index is 1.81. The Morgan fingerprint density at radius 1 is 1.29 bits per heavy atom. The first-order valence-corrected chi connectivity index (χ1v) is 7.50. The highest BCUT2D eigenvalue weighted by Gasteiger charge is 2.26. The third kappa shape index (κ3) is 2.84. The first kappa shape index (κ1) is 13.9. The number of carbonyl (C=O) groups excluding carboxylic acids is 1. The van der Waals surface area contributed by atoms with Gasteiger partial charge in [-0.3, -0.25) is 4.79 Å². The number of benzene rings is 1. The van der Waals surface area contributed by atoms with Crippen molar-refractivity contribution in [1.29, 1.82) is 0 Å². The Morgan fingerprint density at radius 3 is 2.76 bits per heavy atom. The summed E-state index contributed by atoms with van der Waals surface area (Å²) in [5.74, 6) is 0.618. The van der Waals surface area contributed by atoms with Crippen molar-refractivity contribution in [3.8, 4) is 11.3 Å². The number of hydrogen-bond donors (Lipinski definition) is 0. The van der Waals surface area contributed by atoms with E-state index in [9.17, 15) is 4.79 Å². The minimum atomic E-state index is -0.0238. The van der Waals surface area contributed by atoms with E-state index >= 15 is 0 Å². The minimum absolute atomic E-state index is 0.0238. The highest BCUT2D eigenvalue weighted by atomic mass is 16.5. The molecule has 21 heavy (non-hydrogen) atoms. The zero-order valence-electron chi connectivity index (χ0n) is 12.5. The Labute approximate surface area is 124 Å². The van der Waals surface area contributed by atoms with Crippen LogP contribution in [0.25, 0.3) is 11.3 Å². The molecule has 1 aliphatic rings. The summed E-state index contributed by atoms with van der Waals surface area (Å²) >= 11 is 0. The van der Waals surface area contributed by atoms with E-state index in [1.807, 2.05) is 36.1 Å². The molecule has 1 amide bonds.